The second kappa shape index (κ2) is 8.63. The Kier molecular flexibility index (Phi) is 5.78. The number of nitrogens with zero attached hydrogens (tertiary/aromatic N) is 3. The highest BCUT2D eigenvalue weighted by molar-refractivity contribution is 7.98. The number of aromatic nitrogens is 2. The van der Waals surface area contributed by atoms with Gasteiger partial charge in [0.05, 0.1) is 23.9 Å². The normalized spacial score (nSPS) is 10.8. The third-order valence-corrected chi connectivity index (χ3v) is 6.26. The van der Waals surface area contributed by atoms with Gasteiger partial charge in [-0.3, -0.25) is 14.7 Å². The Bertz CT molecular complexity index is 1150. The molecule has 4 aromatic rings. The van der Waals surface area contributed by atoms with Crippen molar-refractivity contribution in [3.8, 4) is 5.75 Å². The number of thiazole rings is 1. The average molecular weight is 422 g/mol. The van der Waals surface area contributed by atoms with E-state index < -0.39 is 0 Å². The van der Waals surface area contributed by atoms with Crippen molar-refractivity contribution < 1.29 is 9.53 Å². The van der Waals surface area contributed by atoms with E-state index in [4.69, 9.17) is 9.72 Å². The number of thioether (sulfide) groups is 1. The smallest absolute Gasteiger partial charge is 0.260 e. The highest BCUT2D eigenvalue weighted by atomic mass is 32.2. The summed E-state index contributed by atoms with van der Waals surface area (Å²) < 4.78 is 6.35. The van der Waals surface area contributed by atoms with Crippen LogP contribution in [0, 0.1) is 0 Å². The number of amides is 1. The Morgan fingerprint density at radius 2 is 2.03 bits per heavy atom. The standard InChI is InChI=1S/C22H19N3O2S2/c1-27-17-8-3-7-16(12-17)21(26)25(14-15-6-5-11-23-13-15)22-24-20-18(28-2)9-4-10-19(20)29-22/h3-13H,14H2,1-2H3. The third kappa shape index (κ3) is 4.11. The summed E-state index contributed by atoms with van der Waals surface area (Å²) in [4.78, 5) is 25.3. The van der Waals surface area contributed by atoms with Gasteiger partial charge in [-0.05, 0) is 48.2 Å². The van der Waals surface area contributed by atoms with E-state index in [0.717, 1.165) is 20.7 Å². The van der Waals surface area contributed by atoms with Gasteiger partial charge in [0.1, 0.15) is 5.75 Å². The zero-order valence-electron chi connectivity index (χ0n) is 16.0. The van der Waals surface area contributed by atoms with Gasteiger partial charge in [0.2, 0.25) is 0 Å². The fraction of sp³-hybridized carbons (Fsp3) is 0.136. The van der Waals surface area contributed by atoms with Gasteiger partial charge in [-0.2, -0.15) is 0 Å². The van der Waals surface area contributed by atoms with Crippen molar-refractivity contribution in [2.24, 2.45) is 0 Å². The van der Waals surface area contributed by atoms with Crippen LogP contribution in [0.1, 0.15) is 15.9 Å². The van der Waals surface area contributed by atoms with Crippen LogP contribution in [0.2, 0.25) is 0 Å². The van der Waals surface area contributed by atoms with Gasteiger partial charge in [0, 0.05) is 22.9 Å². The maximum atomic E-state index is 13.5. The second-order valence-corrected chi connectivity index (χ2v) is 8.15. The van der Waals surface area contributed by atoms with E-state index in [2.05, 4.69) is 4.98 Å². The van der Waals surface area contributed by atoms with Crippen molar-refractivity contribution in [2.75, 3.05) is 18.3 Å². The molecule has 0 radical (unpaired) electrons. The Morgan fingerprint density at radius 1 is 1.17 bits per heavy atom. The molecule has 0 spiro atoms. The largest absolute Gasteiger partial charge is 0.497 e. The molecule has 0 N–H and O–H groups in total. The van der Waals surface area contributed by atoms with Crippen LogP contribution in [-0.2, 0) is 6.54 Å². The highest BCUT2D eigenvalue weighted by Gasteiger charge is 2.23. The Balaban J connectivity index is 1.79. The van der Waals surface area contributed by atoms with Crippen molar-refractivity contribution in [1.82, 2.24) is 9.97 Å². The zero-order valence-corrected chi connectivity index (χ0v) is 17.7. The molecule has 0 saturated carbocycles. The lowest BCUT2D eigenvalue weighted by molar-refractivity contribution is 0.0985. The highest BCUT2D eigenvalue weighted by Crippen LogP contribution is 2.35. The van der Waals surface area contributed by atoms with Crippen molar-refractivity contribution >= 4 is 44.4 Å². The van der Waals surface area contributed by atoms with E-state index in [9.17, 15) is 4.79 Å². The maximum absolute atomic E-state index is 13.5. The fourth-order valence-corrected chi connectivity index (χ4v) is 4.62. The lowest BCUT2D eigenvalue weighted by Gasteiger charge is -2.20. The Hall–Kier alpha value is -2.90. The molecule has 4 rings (SSSR count). The maximum Gasteiger partial charge on any atom is 0.260 e. The SMILES string of the molecule is COc1cccc(C(=O)N(Cc2cccnc2)c2nc3c(SC)cccc3s2)c1. The number of carbonyl (C=O) groups is 1. The summed E-state index contributed by atoms with van der Waals surface area (Å²) in [6, 6.07) is 17.1. The molecule has 0 atom stereocenters. The van der Waals surface area contributed by atoms with Crippen molar-refractivity contribution in [2.45, 2.75) is 11.4 Å². The zero-order chi connectivity index (χ0) is 20.2. The average Bonchev–Trinajstić information content (AvgIpc) is 3.22. The van der Waals surface area contributed by atoms with Crippen LogP contribution in [0.4, 0.5) is 5.13 Å². The summed E-state index contributed by atoms with van der Waals surface area (Å²) >= 11 is 3.17. The Labute approximate surface area is 177 Å². The molecule has 2 aromatic heterocycles. The summed E-state index contributed by atoms with van der Waals surface area (Å²) in [5, 5.41) is 0.665. The van der Waals surface area contributed by atoms with Crippen LogP contribution in [-0.4, -0.2) is 29.2 Å². The molecule has 2 heterocycles. The molecule has 146 valence electrons. The molecule has 0 aliphatic carbocycles. The first-order valence-electron chi connectivity index (χ1n) is 8.98. The summed E-state index contributed by atoms with van der Waals surface area (Å²) in [5.41, 5.74) is 2.42. The second-order valence-electron chi connectivity index (χ2n) is 6.29. The van der Waals surface area contributed by atoms with Gasteiger partial charge >= 0.3 is 0 Å². The molecule has 29 heavy (non-hydrogen) atoms. The number of benzene rings is 2. The van der Waals surface area contributed by atoms with E-state index in [0.29, 0.717) is 23.0 Å². The number of hydrogen-bond acceptors (Lipinski definition) is 6. The number of methoxy groups -OCH3 is 1. The minimum Gasteiger partial charge on any atom is -0.497 e. The van der Waals surface area contributed by atoms with E-state index in [-0.39, 0.29) is 5.91 Å². The van der Waals surface area contributed by atoms with Crippen LogP contribution in [0.25, 0.3) is 10.2 Å². The Morgan fingerprint density at radius 3 is 2.79 bits per heavy atom. The summed E-state index contributed by atoms with van der Waals surface area (Å²) in [6.45, 7) is 0.387. The van der Waals surface area contributed by atoms with Crippen LogP contribution < -0.4 is 9.64 Å². The number of pyridine rings is 1. The summed E-state index contributed by atoms with van der Waals surface area (Å²) in [5.74, 6) is 0.517. The van der Waals surface area contributed by atoms with Gasteiger partial charge in [-0.25, -0.2) is 4.98 Å². The van der Waals surface area contributed by atoms with Gasteiger partial charge < -0.3 is 4.74 Å². The monoisotopic (exact) mass is 421 g/mol. The molecule has 5 nitrogen and oxygen atoms in total. The van der Waals surface area contributed by atoms with Crippen LogP contribution in [0.3, 0.4) is 0 Å². The quantitative estimate of drug-likeness (QED) is 0.397. The summed E-state index contributed by atoms with van der Waals surface area (Å²) in [6.07, 6.45) is 5.52. The molecule has 0 aliphatic rings. The first-order valence-corrected chi connectivity index (χ1v) is 11.0. The van der Waals surface area contributed by atoms with Crippen molar-refractivity contribution in [3.63, 3.8) is 0 Å². The van der Waals surface area contributed by atoms with Crippen molar-refractivity contribution in [3.05, 3.63) is 78.1 Å². The molecule has 1 amide bonds. The van der Waals surface area contributed by atoms with E-state index in [1.807, 2.05) is 48.7 Å². The van der Waals surface area contributed by atoms with Crippen LogP contribution in [0.5, 0.6) is 5.75 Å². The van der Waals surface area contributed by atoms with Gasteiger partial charge in [0.15, 0.2) is 5.13 Å². The first kappa shape index (κ1) is 19.4. The number of anilines is 1. The van der Waals surface area contributed by atoms with Gasteiger partial charge in [-0.15, -0.1) is 11.8 Å². The van der Waals surface area contributed by atoms with E-state index >= 15 is 0 Å². The molecule has 0 aliphatic heterocycles. The number of para-hydroxylation sites is 1. The molecular weight excluding hydrogens is 402 g/mol. The first-order chi connectivity index (χ1) is 14.2. The number of fused-ring (bicyclic) bond motifs is 1. The molecule has 7 heteroatoms. The molecule has 0 saturated heterocycles. The molecule has 0 fully saturated rings. The lowest BCUT2D eigenvalue weighted by Crippen LogP contribution is -2.30. The summed E-state index contributed by atoms with van der Waals surface area (Å²) in [7, 11) is 1.59. The number of hydrogen-bond donors (Lipinski definition) is 0. The van der Waals surface area contributed by atoms with Crippen molar-refractivity contribution in [1.29, 1.82) is 0 Å². The lowest BCUT2D eigenvalue weighted by atomic mass is 10.1. The predicted molar refractivity (Wildman–Crippen MR) is 119 cm³/mol. The molecule has 0 unspecified atom stereocenters. The molecule has 2 aromatic carbocycles. The fourth-order valence-electron chi connectivity index (χ4n) is 3.00. The van der Waals surface area contributed by atoms with Gasteiger partial charge in [0.25, 0.3) is 5.91 Å². The van der Waals surface area contributed by atoms with Crippen LogP contribution >= 0.6 is 23.1 Å². The minimum absolute atomic E-state index is 0.127. The number of ether oxygens (including phenoxy) is 1. The molecular formula is C22H19N3O2S2. The van der Waals surface area contributed by atoms with Crippen LogP contribution in [0.15, 0.2) is 71.9 Å². The molecule has 0 bridgehead atoms. The topological polar surface area (TPSA) is 55.3 Å². The minimum atomic E-state index is -0.127. The number of rotatable bonds is 6. The third-order valence-electron chi connectivity index (χ3n) is 4.45. The predicted octanol–water partition coefficient (Wildman–Crippen LogP) is 5.27. The van der Waals surface area contributed by atoms with E-state index in [1.165, 1.54) is 11.3 Å². The van der Waals surface area contributed by atoms with E-state index in [1.54, 1.807) is 48.3 Å². The van der Waals surface area contributed by atoms with Gasteiger partial charge in [-0.1, -0.05) is 29.5 Å². The number of carbonyl (C=O) groups excluding carboxylic acids is 1.